The van der Waals surface area contributed by atoms with Crippen molar-refractivity contribution in [2.45, 2.75) is 138 Å². The Hall–Kier alpha value is -7.02. The van der Waals surface area contributed by atoms with E-state index in [4.69, 9.17) is 4.42 Å². The molecule has 388 valence electrons. The van der Waals surface area contributed by atoms with E-state index in [1.165, 1.54) is 87.6 Å². The van der Waals surface area contributed by atoms with Crippen LogP contribution in [0.4, 0.5) is 51.2 Å². The van der Waals surface area contributed by atoms with Crippen molar-refractivity contribution >= 4 is 117 Å². The van der Waals surface area contributed by atoms with Crippen LogP contribution in [0.15, 0.2) is 162 Å². The Bertz CT molecular complexity index is 3900. The smallest absolute Gasteiger partial charge is 0.264 e. The molecule has 2 aliphatic rings. The number of thiophene rings is 1. The van der Waals surface area contributed by atoms with E-state index in [9.17, 15) is 0 Å². The summed E-state index contributed by atoms with van der Waals surface area (Å²) in [5, 5.41) is 3.49. The fraction of sp³-hybridized carbons (Fsp3) is 0.296. The van der Waals surface area contributed by atoms with Gasteiger partial charge in [0, 0.05) is 60.4 Å². The Morgan fingerprint density at radius 3 is 1.52 bits per heavy atom. The van der Waals surface area contributed by atoms with Gasteiger partial charge in [0.05, 0.1) is 22.4 Å². The Morgan fingerprint density at radius 2 is 0.948 bits per heavy atom. The molecule has 0 spiro atoms. The number of hydrogen-bond acceptors (Lipinski definition) is 5. The molecule has 0 fully saturated rings. The predicted octanol–water partition coefficient (Wildman–Crippen LogP) is 19.1. The molecule has 0 atom stereocenters. The first-order chi connectivity index (χ1) is 36.2. The Balaban J connectivity index is 1.17. The third kappa shape index (κ3) is 8.58. The van der Waals surface area contributed by atoms with Crippen LogP contribution in [0.1, 0.15) is 137 Å². The number of rotatable bonds is 5. The SMILES string of the molecule is Cc1cc2c3c(c1)N(c1ccc(C(C)(C)C)cc1)c1c(sc4ccc(C(C)(C)C)cc14)B3c1cc(C(C)(C)C)ccc1N2c1cc(N(c2ccc(C(C)(C)C)cc2)c2ccc(C(C)(C)C)cc2)c2c(c1)oc1ccccc12. The second-order valence-corrected chi connectivity index (χ2v) is 28.4. The number of anilines is 9. The van der Waals surface area contributed by atoms with Crippen LogP contribution >= 0.6 is 11.3 Å². The van der Waals surface area contributed by atoms with E-state index in [0.717, 1.165) is 44.7 Å². The molecule has 6 heteroatoms. The van der Waals surface area contributed by atoms with Crippen molar-refractivity contribution < 1.29 is 4.42 Å². The van der Waals surface area contributed by atoms with E-state index in [1.54, 1.807) is 0 Å². The highest BCUT2D eigenvalue weighted by molar-refractivity contribution is 7.33. The lowest BCUT2D eigenvalue weighted by molar-refractivity contribution is 0.590. The van der Waals surface area contributed by atoms with E-state index in [0.29, 0.717) is 0 Å². The van der Waals surface area contributed by atoms with Crippen molar-refractivity contribution in [3.63, 3.8) is 0 Å². The van der Waals surface area contributed by atoms with Crippen LogP contribution in [0.25, 0.3) is 32.0 Å². The van der Waals surface area contributed by atoms with Crippen molar-refractivity contribution in [3.8, 4) is 0 Å². The third-order valence-corrected chi connectivity index (χ3v) is 17.7. The zero-order chi connectivity index (χ0) is 54.5. The number of aryl methyl sites for hydroxylation is 1. The van der Waals surface area contributed by atoms with Gasteiger partial charge in [-0.2, -0.15) is 0 Å². The van der Waals surface area contributed by atoms with Gasteiger partial charge in [0.2, 0.25) is 0 Å². The second kappa shape index (κ2) is 17.5. The molecule has 77 heavy (non-hydrogen) atoms. The minimum Gasteiger partial charge on any atom is -0.456 e. The zero-order valence-electron chi connectivity index (χ0n) is 48.2. The van der Waals surface area contributed by atoms with E-state index < -0.39 is 0 Å². The van der Waals surface area contributed by atoms with Crippen LogP contribution < -0.4 is 30.4 Å². The van der Waals surface area contributed by atoms with Crippen LogP contribution in [0.5, 0.6) is 0 Å². The maximum absolute atomic E-state index is 7.08. The summed E-state index contributed by atoms with van der Waals surface area (Å²) in [6.07, 6.45) is 0. The Morgan fingerprint density at radius 1 is 0.442 bits per heavy atom. The van der Waals surface area contributed by atoms with Crippen LogP contribution in [0.3, 0.4) is 0 Å². The lowest BCUT2D eigenvalue weighted by atomic mass is 9.36. The molecule has 2 aliphatic heterocycles. The number of furan rings is 1. The zero-order valence-corrected chi connectivity index (χ0v) is 49.1. The van der Waals surface area contributed by atoms with Gasteiger partial charge in [0.15, 0.2) is 0 Å². The number of para-hydroxylation sites is 1. The molecule has 0 unspecified atom stereocenters. The van der Waals surface area contributed by atoms with Crippen molar-refractivity contribution in [1.29, 1.82) is 0 Å². The lowest BCUT2D eigenvalue weighted by Crippen LogP contribution is -2.60. The maximum Gasteiger partial charge on any atom is 0.264 e. The summed E-state index contributed by atoms with van der Waals surface area (Å²) in [6, 6.07) is 60.7. The molecule has 0 aliphatic carbocycles. The van der Waals surface area contributed by atoms with Crippen molar-refractivity contribution in [1.82, 2.24) is 0 Å². The predicted molar refractivity (Wildman–Crippen MR) is 336 cm³/mol. The van der Waals surface area contributed by atoms with E-state index in [-0.39, 0.29) is 33.8 Å². The Kier molecular flexibility index (Phi) is 11.5. The van der Waals surface area contributed by atoms with Crippen molar-refractivity contribution in [3.05, 3.63) is 191 Å². The molecule has 2 aromatic heterocycles. The first-order valence-electron chi connectivity index (χ1n) is 27.8. The standard InChI is InChI=1S/C71H74BN3OS/c1-43-37-58-64-59(38-43)75(51-33-25-46(26-34-51)69(8,9)10)65-54-39-47(70(11,12)13)28-36-62(54)77-66(65)72(64)55-40-48(71(14,15)16)27-35-56(55)74(58)52-41-57(63-53-19-17-18-20-60(53)76-61(63)42-52)73(49-29-21-44(22-30-49)67(2,3)4)50-31-23-45(24-32-50)68(5,6)7/h17-42H,1-16H3. The molecule has 0 bridgehead atoms. The van der Waals surface area contributed by atoms with Gasteiger partial charge in [-0.1, -0.05) is 177 Å². The molecule has 10 aromatic rings. The fourth-order valence-electron chi connectivity index (χ4n) is 12.0. The number of hydrogen-bond donors (Lipinski definition) is 0. The largest absolute Gasteiger partial charge is 0.456 e. The van der Waals surface area contributed by atoms with Crippen molar-refractivity contribution in [2.24, 2.45) is 0 Å². The van der Waals surface area contributed by atoms with Gasteiger partial charge < -0.3 is 19.1 Å². The molecule has 0 saturated carbocycles. The summed E-state index contributed by atoms with van der Waals surface area (Å²) >= 11 is 1.97. The first kappa shape index (κ1) is 50.8. The molecule has 12 rings (SSSR count). The molecule has 4 heterocycles. The summed E-state index contributed by atoms with van der Waals surface area (Å²) in [4.78, 5) is 7.65. The minimum atomic E-state index is -0.0811. The van der Waals surface area contributed by atoms with Crippen LogP contribution in [0, 0.1) is 6.92 Å². The molecule has 4 nitrogen and oxygen atoms in total. The molecule has 0 radical (unpaired) electrons. The van der Waals surface area contributed by atoms with Crippen LogP contribution in [-0.4, -0.2) is 6.71 Å². The molecular weight excluding hydrogens is 954 g/mol. The lowest BCUT2D eigenvalue weighted by Gasteiger charge is -2.44. The van der Waals surface area contributed by atoms with E-state index >= 15 is 0 Å². The van der Waals surface area contributed by atoms with Crippen LogP contribution in [0.2, 0.25) is 0 Å². The molecule has 8 aromatic carbocycles. The summed E-state index contributed by atoms with van der Waals surface area (Å²) in [7, 11) is 0. The van der Waals surface area contributed by atoms with Crippen LogP contribution in [-0.2, 0) is 27.1 Å². The van der Waals surface area contributed by atoms with E-state index in [2.05, 4.69) is 283 Å². The summed E-state index contributed by atoms with van der Waals surface area (Å²) in [6.45, 7) is 37.0. The number of nitrogens with zero attached hydrogens (tertiary/aromatic N) is 3. The highest BCUT2D eigenvalue weighted by atomic mass is 32.1. The van der Waals surface area contributed by atoms with Gasteiger partial charge in [-0.25, -0.2) is 0 Å². The molecule has 0 saturated heterocycles. The Labute approximate surface area is 462 Å². The highest BCUT2D eigenvalue weighted by Gasteiger charge is 2.46. The maximum atomic E-state index is 7.08. The first-order valence-corrected chi connectivity index (χ1v) is 28.6. The van der Waals surface area contributed by atoms with Gasteiger partial charge in [-0.3, -0.25) is 0 Å². The minimum absolute atomic E-state index is 0.00239. The van der Waals surface area contributed by atoms with Gasteiger partial charge in [0.1, 0.15) is 11.2 Å². The van der Waals surface area contributed by atoms with Gasteiger partial charge in [-0.15, -0.1) is 11.3 Å². The topological polar surface area (TPSA) is 22.9 Å². The summed E-state index contributed by atoms with van der Waals surface area (Å²) in [5.41, 5.74) is 22.4. The van der Waals surface area contributed by atoms with Gasteiger partial charge in [-0.05, 0) is 157 Å². The van der Waals surface area contributed by atoms with E-state index in [1.807, 2.05) is 11.3 Å². The summed E-state index contributed by atoms with van der Waals surface area (Å²) < 4.78 is 9.77. The fourth-order valence-corrected chi connectivity index (χ4v) is 13.3. The average Bonchev–Trinajstić information content (AvgIpc) is 4.20. The molecular formula is C71H74BN3OS. The number of fused-ring (bicyclic) bond motifs is 9. The third-order valence-electron chi connectivity index (χ3n) is 16.5. The normalized spacial score (nSPS) is 13.9. The van der Waals surface area contributed by atoms with Gasteiger partial charge in [0.25, 0.3) is 6.71 Å². The second-order valence-electron chi connectivity index (χ2n) is 27.3. The quantitative estimate of drug-likeness (QED) is 0.160. The van der Waals surface area contributed by atoms with Crippen molar-refractivity contribution in [2.75, 3.05) is 14.7 Å². The highest BCUT2D eigenvalue weighted by Crippen LogP contribution is 2.52. The molecule has 0 amide bonds. The van der Waals surface area contributed by atoms with Gasteiger partial charge >= 0.3 is 0 Å². The monoisotopic (exact) mass is 1030 g/mol. The average molecular weight is 1030 g/mol. The number of benzene rings is 8. The summed E-state index contributed by atoms with van der Waals surface area (Å²) in [5.74, 6) is 0. The molecule has 0 N–H and O–H groups in total.